The Hall–Kier alpha value is -3.60. The van der Waals surface area contributed by atoms with Crippen LogP contribution in [0, 0.1) is 0 Å². The molecule has 1 amide bonds. The molecule has 0 aromatic heterocycles. The minimum atomic E-state index is -0.321. The minimum Gasteiger partial charge on any atom is -0.488 e. The van der Waals surface area contributed by atoms with Crippen LogP contribution in [-0.2, 0) is 11.4 Å². The molecule has 1 N–H and O–H groups in total. The van der Waals surface area contributed by atoms with Gasteiger partial charge < -0.3 is 9.47 Å². The SMILES string of the molecule is CCC(C)c1ccccc1OCC(=O)N/N=C/c1ccccc1OCc1ccccc1. The van der Waals surface area contributed by atoms with E-state index in [2.05, 4.69) is 24.4 Å². The second-order valence-electron chi connectivity index (χ2n) is 7.24. The molecule has 31 heavy (non-hydrogen) atoms. The number of hydrogen-bond donors (Lipinski definition) is 1. The van der Waals surface area contributed by atoms with Crippen molar-refractivity contribution in [3.8, 4) is 11.5 Å². The first-order chi connectivity index (χ1) is 15.2. The van der Waals surface area contributed by atoms with Crippen molar-refractivity contribution < 1.29 is 14.3 Å². The zero-order chi connectivity index (χ0) is 21.9. The van der Waals surface area contributed by atoms with E-state index >= 15 is 0 Å². The normalized spacial score (nSPS) is 11.8. The molecule has 0 bridgehead atoms. The number of ether oxygens (including phenoxy) is 2. The number of hydrogen-bond acceptors (Lipinski definition) is 4. The molecule has 0 aliphatic heterocycles. The summed E-state index contributed by atoms with van der Waals surface area (Å²) in [5.41, 5.74) is 5.48. The van der Waals surface area contributed by atoms with Crippen LogP contribution in [-0.4, -0.2) is 18.7 Å². The molecule has 0 radical (unpaired) electrons. The fourth-order valence-electron chi connectivity index (χ4n) is 3.04. The molecule has 3 rings (SSSR count). The zero-order valence-corrected chi connectivity index (χ0v) is 18.0. The van der Waals surface area contributed by atoms with Crippen LogP contribution < -0.4 is 14.9 Å². The third-order valence-electron chi connectivity index (χ3n) is 4.97. The molecule has 0 aliphatic rings. The van der Waals surface area contributed by atoms with Gasteiger partial charge in [-0.25, -0.2) is 5.43 Å². The van der Waals surface area contributed by atoms with Gasteiger partial charge in [0.05, 0.1) is 6.21 Å². The Morgan fingerprint density at radius 2 is 1.61 bits per heavy atom. The number of benzene rings is 3. The molecule has 5 heteroatoms. The van der Waals surface area contributed by atoms with Gasteiger partial charge >= 0.3 is 0 Å². The molecular weight excluding hydrogens is 388 g/mol. The summed E-state index contributed by atoms with van der Waals surface area (Å²) in [6.45, 7) is 4.63. The Bertz CT molecular complexity index is 1000. The monoisotopic (exact) mass is 416 g/mol. The molecule has 0 saturated heterocycles. The van der Waals surface area contributed by atoms with Crippen molar-refractivity contribution in [2.24, 2.45) is 5.10 Å². The first kappa shape index (κ1) is 22.1. The van der Waals surface area contributed by atoms with Crippen molar-refractivity contribution in [3.05, 3.63) is 95.6 Å². The maximum absolute atomic E-state index is 12.2. The maximum atomic E-state index is 12.2. The summed E-state index contributed by atoms with van der Waals surface area (Å²) in [6, 6.07) is 25.3. The standard InChI is InChI=1S/C26H28N2O3/c1-3-20(2)23-14-8-10-16-25(23)31-19-26(29)28-27-17-22-13-7-9-15-24(22)30-18-21-11-5-4-6-12-21/h4-17,20H,3,18-19H2,1-2H3,(H,28,29)/b27-17+. The summed E-state index contributed by atoms with van der Waals surface area (Å²) in [5.74, 6) is 1.47. The number of rotatable bonds is 10. The van der Waals surface area contributed by atoms with Crippen LogP contribution in [0.3, 0.4) is 0 Å². The van der Waals surface area contributed by atoms with E-state index in [1.54, 1.807) is 6.21 Å². The molecule has 1 atom stereocenters. The van der Waals surface area contributed by atoms with Crippen molar-refractivity contribution in [1.29, 1.82) is 0 Å². The second-order valence-corrected chi connectivity index (χ2v) is 7.24. The van der Waals surface area contributed by atoms with Gasteiger partial charge in [-0.1, -0.05) is 74.5 Å². The van der Waals surface area contributed by atoms with Gasteiger partial charge in [0.2, 0.25) is 0 Å². The van der Waals surface area contributed by atoms with E-state index in [1.807, 2.05) is 78.9 Å². The van der Waals surface area contributed by atoms with Crippen molar-refractivity contribution >= 4 is 12.1 Å². The van der Waals surface area contributed by atoms with E-state index in [0.29, 0.717) is 18.3 Å². The highest BCUT2D eigenvalue weighted by Crippen LogP contribution is 2.28. The smallest absolute Gasteiger partial charge is 0.277 e. The highest BCUT2D eigenvalue weighted by atomic mass is 16.5. The van der Waals surface area contributed by atoms with Gasteiger partial charge in [0.15, 0.2) is 6.61 Å². The Kier molecular flexibility index (Phi) is 8.23. The van der Waals surface area contributed by atoms with E-state index in [0.717, 1.165) is 28.9 Å². The van der Waals surface area contributed by atoms with Gasteiger partial charge in [-0.2, -0.15) is 5.10 Å². The maximum Gasteiger partial charge on any atom is 0.277 e. The zero-order valence-electron chi connectivity index (χ0n) is 18.0. The molecular formula is C26H28N2O3. The molecule has 5 nitrogen and oxygen atoms in total. The van der Waals surface area contributed by atoms with Crippen LogP contribution in [0.15, 0.2) is 84.0 Å². The second kappa shape index (κ2) is 11.6. The molecule has 0 heterocycles. The molecule has 3 aromatic carbocycles. The molecule has 0 fully saturated rings. The lowest BCUT2D eigenvalue weighted by molar-refractivity contribution is -0.123. The lowest BCUT2D eigenvalue weighted by Crippen LogP contribution is -2.25. The van der Waals surface area contributed by atoms with Gasteiger partial charge in [-0.15, -0.1) is 0 Å². The fraction of sp³-hybridized carbons (Fsp3) is 0.231. The Balaban J connectivity index is 1.53. The highest BCUT2D eigenvalue weighted by molar-refractivity contribution is 5.85. The quantitative estimate of drug-likeness (QED) is 0.360. The fourth-order valence-corrected chi connectivity index (χ4v) is 3.04. The molecule has 0 aliphatic carbocycles. The summed E-state index contributed by atoms with van der Waals surface area (Å²) >= 11 is 0. The van der Waals surface area contributed by atoms with Crippen molar-refractivity contribution in [2.75, 3.05) is 6.61 Å². The number of carbonyl (C=O) groups excluding carboxylic acids is 1. The third-order valence-corrected chi connectivity index (χ3v) is 4.97. The van der Waals surface area contributed by atoms with E-state index in [1.165, 1.54) is 0 Å². The van der Waals surface area contributed by atoms with Crippen LogP contribution in [0.2, 0.25) is 0 Å². The van der Waals surface area contributed by atoms with Crippen molar-refractivity contribution in [2.45, 2.75) is 32.8 Å². The van der Waals surface area contributed by atoms with Crippen molar-refractivity contribution in [3.63, 3.8) is 0 Å². The predicted molar refractivity (Wildman–Crippen MR) is 124 cm³/mol. The Morgan fingerprint density at radius 1 is 0.935 bits per heavy atom. The summed E-state index contributed by atoms with van der Waals surface area (Å²) in [6.07, 6.45) is 2.58. The summed E-state index contributed by atoms with van der Waals surface area (Å²) in [5, 5.41) is 4.06. The first-order valence-electron chi connectivity index (χ1n) is 10.5. The summed E-state index contributed by atoms with van der Waals surface area (Å²) in [4.78, 5) is 12.2. The number of nitrogens with one attached hydrogen (secondary N) is 1. The lowest BCUT2D eigenvalue weighted by atomic mass is 9.98. The number of amides is 1. The van der Waals surface area contributed by atoms with Gasteiger partial charge in [-0.05, 0) is 41.7 Å². The molecule has 3 aromatic rings. The predicted octanol–water partition coefficient (Wildman–Crippen LogP) is 5.31. The van der Waals surface area contributed by atoms with E-state index < -0.39 is 0 Å². The van der Waals surface area contributed by atoms with Crippen LogP contribution in [0.25, 0.3) is 0 Å². The van der Waals surface area contributed by atoms with Gasteiger partial charge in [0.1, 0.15) is 18.1 Å². The van der Waals surface area contributed by atoms with Crippen LogP contribution in [0.4, 0.5) is 0 Å². The van der Waals surface area contributed by atoms with Gasteiger partial charge in [-0.3, -0.25) is 4.79 Å². The topological polar surface area (TPSA) is 59.9 Å². The Morgan fingerprint density at radius 3 is 2.39 bits per heavy atom. The van der Waals surface area contributed by atoms with Crippen LogP contribution in [0.1, 0.15) is 42.9 Å². The average molecular weight is 417 g/mol. The largest absolute Gasteiger partial charge is 0.488 e. The van der Waals surface area contributed by atoms with E-state index in [-0.39, 0.29) is 12.5 Å². The van der Waals surface area contributed by atoms with Crippen LogP contribution >= 0.6 is 0 Å². The lowest BCUT2D eigenvalue weighted by Gasteiger charge is -2.15. The van der Waals surface area contributed by atoms with Gasteiger partial charge in [0, 0.05) is 5.56 Å². The highest BCUT2D eigenvalue weighted by Gasteiger charge is 2.11. The minimum absolute atomic E-state index is 0.100. The number of nitrogens with zero attached hydrogens (tertiary/aromatic N) is 1. The average Bonchev–Trinajstić information content (AvgIpc) is 2.82. The first-order valence-corrected chi connectivity index (χ1v) is 10.5. The number of carbonyl (C=O) groups is 1. The van der Waals surface area contributed by atoms with Crippen molar-refractivity contribution in [1.82, 2.24) is 5.43 Å². The Labute approximate surface area is 183 Å². The van der Waals surface area contributed by atoms with E-state index in [9.17, 15) is 4.79 Å². The summed E-state index contributed by atoms with van der Waals surface area (Å²) in [7, 11) is 0. The third kappa shape index (κ3) is 6.71. The molecule has 0 spiro atoms. The van der Waals surface area contributed by atoms with Gasteiger partial charge in [0.25, 0.3) is 5.91 Å². The summed E-state index contributed by atoms with van der Waals surface area (Å²) < 4.78 is 11.6. The van der Waals surface area contributed by atoms with Crippen LogP contribution in [0.5, 0.6) is 11.5 Å². The molecule has 1 unspecified atom stereocenters. The van der Waals surface area contributed by atoms with E-state index in [4.69, 9.17) is 9.47 Å². The molecule has 0 saturated carbocycles. The molecule has 160 valence electrons. The number of para-hydroxylation sites is 2. The number of hydrazone groups is 1.